The van der Waals surface area contributed by atoms with Crippen molar-refractivity contribution in [2.45, 2.75) is 13.5 Å². The Morgan fingerprint density at radius 1 is 1.17 bits per heavy atom. The Labute approximate surface area is 146 Å². The van der Waals surface area contributed by atoms with Crippen molar-refractivity contribution in [2.75, 3.05) is 19.0 Å². The first-order chi connectivity index (χ1) is 11.1. The van der Waals surface area contributed by atoms with Crippen molar-refractivity contribution >= 4 is 34.6 Å². The van der Waals surface area contributed by atoms with Crippen LogP contribution in [0.1, 0.15) is 12.5 Å². The number of benzene rings is 2. The Kier molecular flexibility index (Phi) is 6.50. The highest BCUT2D eigenvalue weighted by Crippen LogP contribution is 2.28. The molecule has 0 unspecified atom stereocenters. The standard InChI is InChI=1S/C17H19ClN2O2S/c1-3-22-16-9-12(7-8-15(16)21-2)11-19-17(23)20-14-6-4-5-13(18)10-14/h4-10H,3,11H2,1-2H3,(H2,19,20,23). The van der Waals surface area contributed by atoms with Crippen LogP contribution >= 0.6 is 23.8 Å². The quantitative estimate of drug-likeness (QED) is 0.763. The number of methoxy groups -OCH3 is 1. The van der Waals surface area contributed by atoms with Gasteiger partial charge in [-0.2, -0.15) is 0 Å². The van der Waals surface area contributed by atoms with Gasteiger partial charge >= 0.3 is 0 Å². The maximum atomic E-state index is 5.95. The molecule has 0 saturated carbocycles. The average molecular weight is 351 g/mol. The molecule has 0 aliphatic rings. The minimum Gasteiger partial charge on any atom is -0.493 e. The van der Waals surface area contributed by atoms with Crippen LogP contribution in [0.25, 0.3) is 0 Å². The summed E-state index contributed by atoms with van der Waals surface area (Å²) >= 11 is 11.2. The second-order valence-electron chi connectivity index (χ2n) is 4.74. The fraction of sp³-hybridized carbons (Fsp3) is 0.235. The van der Waals surface area contributed by atoms with E-state index in [-0.39, 0.29) is 0 Å². The van der Waals surface area contributed by atoms with Crippen molar-refractivity contribution in [1.82, 2.24) is 5.32 Å². The van der Waals surface area contributed by atoms with Gasteiger partial charge in [0.25, 0.3) is 0 Å². The number of thiocarbonyl (C=S) groups is 1. The zero-order valence-electron chi connectivity index (χ0n) is 13.1. The molecule has 2 N–H and O–H groups in total. The molecule has 0 bridgehead atoms. The number of hydrogen-bond acceptors (Lipinski definition) is 3. The van der Waals surface area contributed by atoms with Crippen molar-refractivity contribution in [3.8, 4) is 11.5 Å². The van der Waals surface area contributed by atoms with E-state index < -0.39 is 0 Å². The molecule has 122 valence electrons. The Bertz CT molecular complexity index is 679. The lowest BCUT2D eigenvalue weighted by molar-refractivity contribution is 0.310. The third kappa shape index (κ3) is 5.30. The molecule has 0 heterocycles. The van der Waals surface area contributed by atoms with Gasteiger partial charge in [0.15, 0.2) is 16.6 Å². The summed E-state index contributed by atoms with van der Waals surface area (Å²) in [5, 5.41) is 7.44. The van der Waals surface area contributed by atoms with E-state index in [4.69, 9.17) is 33.3 Å². The third-order valence-electron chi connectivity index (χ3n) is 3.06. The summed E-state index contributed by atoms with van der Waals surface area (Å²) in [7, 11) is 1.62. The van der Waals surface area contributed by atoms with Crippen molar-refractivity contribution in [1.29, 1.82) is 0 Å². The molecule has 0 radical (unpaired) electrons. The molecule has 2 rings (SSSR count). The van der Waals surface area contributed by atoms with Crippen LogP contribution in [0.15, 0.2) is 42.5 Å². The number of halogens is 1. The minimum atomic E-state index is 0.529. The van der Waals surface area contributed by atoms with Gasteiger partial charge in [-0.15, -0.1) is 0 Å². The Morgan fingerprint density at radius 3 is 2.70 bits per heavy atom. The summed E-state index contributed by atoms with van der Waals surface area (Å²) < 4.78 is 10.8. The van der Waals surface area contributed by atoms with Crippen molar-refractivity contribution in [2.24, 2.45) is 0 Å². The summed E-state index contributed by atoms with van der Waals surface area (Å²) in [4.78, 5) is 0. The lowest BCUT2D eigenvalue weighted by Crippen LogP contribution is -2.27. The van der Waals surface area contributed by atoms with Gasteiger partial charge in [0.05, 0.1) is 13.7 Å². The topological polar surface area (TPSA) is 42.5 Å². The van der Waals surface area contributed by atoms with E-state index in [1.54, 1.807) is 7.11 Å². The summed E-state index contributed by atoms with van der Waals surface area (Å²) in [5.41, 5.74) is 1.89. The van der Waals surface area contributed by atoms with Crippen LogP contribution in [0.4, 0.5) is 5.69 Å². The monoisotopic (exact) mass is 350 g/mol. The van der Waals surface area contributed by atoms with Gasteiger partial charge in [-0.25, -0.2) is 0 Å². The number of nitrogens with one attached hydrogen (secondary N) is 2. The predicted octanol–water partition coefficient (Wildman–Crippen LogP) is 4.23. The first-order valence-electron chi connectivity index (χ1n) is 7.22. The first kappa shape index (κ1) is 17.4. The third-order valence-corrected chi connectivity index (χ3v) is 3.54. The summed E-state index contributed by atoms with van der Waals surface area (Å²) in [6, 6.07) is 13.2. The maximum Gasteiger partial charge on any atom is 0.171 e. The number of ether oxygens (including phenoxy) is 2. The molecule has 4 nitrogen and oxygen atoms in total. The summed E-state index contributed by atoms with van der Waals surface area (Å²) in [6.07, 6.45) is 0. The summed E-state index contributed by atoms with van der Waals surface area (Å²) in [6.45, 7) is 3.10. The van der Waals surface area contributed by atoms with Crippen LogP contribution in [0.2, 0.25) is 5.02 Å². The van der Waals surface area contributed by atoms with Gasteiger partial charge in [0.2, 0.25) is 0 Å². The fourth-order valence-electron chi connectivity index (χ4n) is 2.02. The van der Waals surface area contributed by atoms with Gasteiger partial charge in [-0.1, -0.05) is 23.7 Å². The molecule has 0 atom stereocenters. The Hall–Kier alpha value is -1.98. The molecule has 0 aliphatic heterocycles. The molecular weight excluding hydrogens is 332 g/mol. The van der Waals surface area contributed by atoms with E-state index in [0.717, 1.165) is 22.7 Å². The number of rotatable bonds is 6. The largest absolute Gasteiger partial charge is 0.493 e. The highest BCUT2D eigenvalue weighted by Gasteiger charge is 2.06. The zero-order valence-corrected chi connectivity index (χ0v) is 14.6. The molecule has 0 spiro atoms. The molecule has 2 aromatic carbocycles. The number of anilines is 1. The molecule has 2 aromatic rings. The van der Waals surface area contributed by atoms with E-state index in [2.05, 4.69) is 10.6 Å². The number of hydrogen-bond donors (Lipinski definition) is 2. The second kappa shape index (κ2) is 8.60. The van der Waals surface area contributed by atoms with Crippen LogP contribution in [0, 0.1) is 0 Å². The molecular formula is C17H19ClN2O2S. The smallest absolute Gasteiger partial charge is 0.171 e. The van der Waals surface area contributed by atoms with Gasteiger partial charge in [0.1, 0.15) is 0 Å². The molecule has 23 heavy (non-hydrogen) atoms. The van der Waals surface area contributed by atoms with E-state index in [9.17, 15) is 0 Å². The molecule has 0 aromatic heterocycles. The highest BCUT2D eigenvalue weighted by atomic mass is 35.5. The average Bonchev–Trinajstić information content (AvgIpc) is 2.53. The first-order valence-corrected chi connectivity index (χ1v) is 8.01. The van der Waals surface area contributed by atoms with Crippen molar-refractivity contribution in [3.63, 3.8) is 0 Å². The van der Waals surface area contributed by atoms with E-state index in [1.807, 2.05) is 49.4 Å². The highest BCUT2D eigenvalue weighted by molar-refractivity contribution is 7.80. The SMILES string of the molecule is CCOc1cc(CNC(=S)Nc2cccc(Cl)c2)ccc1OC. The predicted molar refractivity (Wildman–Crippen MR) is 98.7 cm³/mol. The minimum absolute atomic E-state index is 0.529. The lowest BCUT2D eigenvalue weighted by Gasteiger charge is -2.13. The van der Waals surface area contributed by atoms with Gasteiger partial charge in [-0.05, 0) is 55.0 Å². The molecule has 6 heteroatoms. The molecule has 0 aliphatic carbocycles. The Balaban J connectivity index is 1.94. The Morgan fingerprint density at radius 2 is 2.00 bits per heavy atom. The normalized spacial score (nSPS) is 10.0. The second-order valence-corrected chi connectivity index (χ2v) is 5.58. The zero-order chi connectivity index (χ0) is 16.7. The molecule has 0 amide bonds. The summed E-state index contributed by atoms with van der Waals surface area (Å²) in [5.74, 6) is 1.44. The lowest BCUT2D eigenvalue weighted by atomic mass is 10.2. The van der Waals surface area contributed by atoms with E-state index in [0.29, 0.717) is 23.3 Å². The fourth-order valence-corrected chi connectivity index (χ4v) is 2.40. The van der Waals surface area contributed by atoms with Gasteiger partial charge < -0.3 is 20.1 Å². The maximum absolute atomic E-state index is 5.95. The van der Waals surface area contributed by atoms with Crippen LogP contribution in [-0.2, 0) is 6.54 Å². The van der Waals surface area contributed by atoms with Crippen LogP contribution in [0.3, 0.4) is 0 Å². The van der Waals surface area contributed by atoms with Crippen LogP contribution in [-0.4, -0.2) is 18.8 Å². The molecule has 0 saturated heterocycles. The van der Waals surface area contributed by atoms with E-state index >= 15 is 0 Å². The van der Waals surface area contributed by atoms with Crippen molar-refractivity contribution in [3.05, 3.63) is 53.1 Å². The van der Waals surface area contributed by atoms with Crippen molar-refractivity contribution < 1.29 is 9.47 Å². The van der Waals surface area contributed by atoms with Crippen LogP contribution in [0.5, 0.6) is 11.5 Å². The molecule has 0 fully saturated rings. The van der Waals surface area contributed by atoms with Gasteiger partial charge in [-0.3, -0.25) is 0 Å². The van der Waals surface area contributed by atoms with E-state index in [1.165, 1.54) is 0 Å². The van der Waals surface area contributed by atoms with Crippen LogP contribution < -0.4 is 20.1 Å². The van der Waals surface area contributed by atoms with Gasteiger partial charge in [0, 0.05) is 17.3 Å².